The number of hydrogen-bond acceptors (Lipinski definition) is 6. The van der Waals surface area contributed by atoms with E-state index in [0.29, 0.717) is 15.6 Å². The number of hydrogen-bond donors (Lipinski definition) is 1. The molecule has 0 amide bonds. The van der Waals surface area contributed by atoms with Gasteiger partial charge >= 0.3 is 0 Å². The van der Waals surface area contributed by atoms with E-state index in [1.165, 1.54) is 24.5 Å². The molecule has 1 aliphatic carbocycles. The summed E-state index contributed by atoms with van der Waals surface area (Å²) in [6.07, 6.45) is 6.12. The van der Waals surface area contributed by atoms with Crippen LogP contribution in [0.3, 0.4) is 0 Å². The van der Waals surface area contributed by atoms with E-state index in [4.69, 9.17) is 22.1 Å². The topological polar surface area (TPSA) is 86.7 Å². The molecule has 0 saturated carbocycles. The third-order valence-corrected chi connectivity index (χ3v) is 5.46. The number of aromatic nitrogens is 2. The first kappa shape index (κ1) is 18.2. The first-order valence-electron chi connectivity index (χ1n) is 8.24. The van der Waals surface area contributed by atoms with Crippen LogP contribution in [0.5, 0.6) is 0 Å². The fraction of sp³-hybridized carbons (Fsp3) is 0.0500. The van der Waals surface area contributed by atoms with Gasteiger partial charge in [0, 0.05) is 16.0 Å². The second-order valence-corrected chi connectivity index (χ2v) is 7.23. The summed E-state index contributed by atoms with van der Waals surface area (Å²) in [6.45, 7) is 0. The highest BCUT2D eigenvalue weighted by Gasteiger charge is 2.17. The zero-order valence-electron chi connectivity index (χ0n) is 14.7. The van der Waals surface area contributed by atoms with Crippen molar-refractivity contribution < 1.29 is 9.53 Å². The number of carbonyl (C=O) groups excluding carboxylic acids is 1. The number of ether oxygens (including phenoxy) is 1. The summed E-state index contributed by atoms with van der Waals surface area (Å²) in [7, 11) is 1.42. The molecule has 6 nitrogen and oxygen atoms in total. The number of allylic oxidation sites excluding steroid dienone is 4. The van der Waals surface area contributed by atoms with Crippen molar-refractivity contribution >= 4 is 45.6 Å². The number of nitrogen functional groups attached to an aromatic ring is 1. The number of carbonyl (C=O) groups is 1. The van der Waals surface area contributed by atoms with Crippen molar-refractivity contribution in [1.82, 2.24) is 9.38 Å². The van der Waals surface area contributed by atoms with Gasteiger partial charge in [0.1, 0.15) is 5.82 Å². The molecule has 4 rings (SSSR count). The summed E-state index contributed by atoms with van der Waals surface area (Å²) in [4.78, 5) is 28.9. The van der Waals surface area contributed by atoms with Crippen molar-refractivity contribution in [3.63, 3.8) is 0 Å². The van der Waals surface area contributed by atoms with Gasteiger partial charge in [-0.15, -0.1) is 11.3 Å². The number of nitrogens with two attached hydrogens (primary N) is 1. The molecule has 0 saturated heterocycles. The van der Waals surface area contributed by atoms with Crippen molar-refractivity contribution in [3.05, 3.63) is 80.1 Å². The van der Waals surface area contributed by atoms with E-state index < -0.39 is 5.56 Å². The summed E-state index contributed by atoms with van der Waals surface area (Å²) >= 11 is 7.64. The summed E-state index contributed by atoms with van der Waals surface area (Å²) in [6, 6.07) is 7.38. The molecular formula is C20H14ClN3O3S. The van der Waals surface area contributed by atoms with E-state index in [0.717, 1.165) is 11.3 Å². The van der Waals surface area contributed by atoms with Crippen molar-refractivity contribution in [3.8, 4) is 11.3 Å². The Balaban J connectivity index is 1.93. The Morgan fingerprint density at radius 3 is 2.79 bits per heavy atom. The Hall–Kier alpha value is -3.16. The summed E-state index contributed by atoms with van der Waals surface area (Å²) in [5, 5.41) is 2.43. The molecular weight excluding hydrogens is 398 g/mol. The zero-order valence-corrected chi connectivity index (χ0v) is 16.3. The molecule has 28 heavy (non-hydrogen) atoms. The monoisotopic (exact) mass is 411 g/mol. The van der Waals surface area contributed by atoms with Crippen molar-refractivity contribution in [1.29, 1.82) is 0 Å². The van der Waals surface area contributed by atoms with Gasteiger partial charge in [0.2, 0.25) is 5.78 Å². The van der Waals surface area contributed by atoms with Crippen LogP contribution in [0.4, 0.5) is 5.82 Å². The number of benzene rings is 1. The lowest BCUT2D eigenvalue weighted by Crippen LogP contribution is -2.16. The minimum absolute atomic E-state index is 0.189. The van der Waals surface area contributed by atoms with Crippen LogP contribution in [0.15, 0.2) is 64.0 Å². The molecule has 2 heterocycles. The molecule has 0 spiro atoms. The minimum atomic E-state index is -0.449. The van der Waals surface area contributed by atoms with E-state index in [-0.39, 0.29) is 22.9 Å². The maximum absolute atomic E-state index is 12.5. The van der Waals surface area contributed by atoms with Crippen LogP contribution in [0.2, 0.25) is 5.02 Å². The SMILES string of the molecule is COC1=CC(=Cc2c(N)n3c(-c4ccccc4Cl)csc3nc2=O)C=CC1=O. The third-order valence-electron chi connectivity index (χ3n) is 4.30. The van der Waals surface area contributed by atoms with Crippen molar-refractivity contribution in [2.24, 2.45) is 0 Å². The van der Waals surface area contributed by atoms with Gasteiger partial charge < -0.3 is 10.5 Å². The lowest BCUT2D eigenvalue weighted by Gasteiger charge is -2.10. The zero-order chi connectivity index (χ0) is 19.8. The molecule has 8 heteroatoms. The number of anilines is 1. The number of nitrogens with zero attached hydrogens (tertiary/aromatic N) is 2. The Morgan fingerprint density at radius 2 is 2.04 bits per heavy atom. The summed E-state index contributed by atoms with van der Waals surface area (Å²) < 4.78 is 6.76. The molecule has 0 radical (unpaired) electrons. The first-order valence-corrected chi connectivity index (χ1v) is 9.50. The first-order chi connectivity index (χ1) is 13.5. The van der Waals surface area contributed by atoms with Gasteiger partial charge in [0.25, 0.3) is 5.56 Å². The molecule has 0 aliphatic heterocycles. The average Bonchev–Trinajstić information content (AvgIpc) is 3.10. The van der Waals surface area contributed by atoms with Gasteiger partial charge in [-0.25, -0.2) is 0 Å². The van der Waals surface area contributed by atoms with Gasteiger partial charge in [-0.3, -0.25) is 14.0 Å². The predicted octanol–water partition coefficient (Wildman–Crippen LogP) is 3.71. The predicted molar refractivity (Wildman–Crippen MR) is 111 cm³/mol. The Bertz CT molecular complexity index is 1270. The van der Waals surface area contributed by atoms with Crippen LogP contribution in [0.25, 0.3) is 22.3 Å². The molecule has 0 unspecified atom stereocenters. The number of rotatable bonds is 3. The number of thiazole rings is 1. The molecule has 1 aliphatic rings. The number of fused-ring (bicyclic) bond motifs is 1. The Kier molecular flexibility index (Phi) is 4.62. The van der Waals surface area contributed by atoms with Crippen molar-refractivity contribution in [2.45, 2.75) is 0 Å². The maximum Gasteiger partial charge on any atom is 0.283 e. The highest BCUT2D eigenvalue weighted by Crippen LogP contribution is 2.33. The molecule has 2 N–H and O–H groups in total. The third kappa shape index (κ3) is 3.04. The normalized spacial score (nSPS) is 15.3. The highest BCUT2D eigenvalue weighted by atomic mass is 35.5. The Morgan fingerprint density at radius 1 is 1.25 bits per heavy atom. The summed E-state index contributed by atoms with van der Waals surface area (Å²) in [5.74, 6) is 0.196. The second kappa shape index (κ2) is 7.10. The quantitative estimate of drug-likeness (QED) is 0.709. The van der Waals surface area contributed by atoms with Gasteiger partial charge in [0.05, 0.1) is 18.4 Å². The maximum atomic E-state index is 12.5. The van der Waals surface area contributed by atoms with Crippen LogP contribution in [-0.4, -0.2) is 22.3 Å². The average molecular weight is 412 g/mol. The van der Waals surface area contributed by atoms with E-state index in [1.807, 2.05) is 23.6 Å². The highest BCUT2D eigenvalue weighted by molar-refractivity contribution is 7.15. The smallest absolute Gasteiger partial charge is 0.283 e. The fourth-order valence-electron chi connectivity index (χ4n) is 2.93. The summed E-state index contributed by atoms with van der Waals surface area (Å²) in [5.41, 5.74) is 8.28. The lowest BCUT2D eigenvalue weighted by atomic mass is 10.0. The van der Waals surface area contributed by atoms with Gasteiger partial charge in [-0.2, -0.15) is 4.98 Å². The van der Waals surface area contributed by atoms with Crippen LogP contribution in [0.1, 0.15) is 5.56 Å². The minimum Gasteiger partial charge on any atom is -0.493 e. The molecule has 0 fully saturated rings. The van der Waals surface area contributed by atoms with E-state index in [1.54, 1.807) is 28.7 Å². The van der Waals surface area contributed by atoms with Crippen molar-refractivity contribution in [2.75, 3.05) is 12.8 Å². The van der Waals surface area contributed by atoms with E-state index in [2.05, 4.69) is 4.98 Å². The number of methoxy groups -OCH3 is 1. The lowest BCUT2D eigenvalue weighted by molar-refractivity contribution is -0.114. The molecule has 0 bridgehead atoms. The molecule has 1 aromatic carbocycles. The van der Waals surface area contributed by atoms with Gasteiger partial charge in [0.15, 0.2) is 10.7 Å². The standard InChI is InChI=1S/C20H14ClN3O3S/c1-27-17-9-11(6-7-16(17)25)8-13-18(22)24-15(10-28-20(24)23-19(13)26)12-4-2-3-5-14(12)21/h2-10H,22H2,1H3. The van der Waals surface area contributed by atoms with Crippen LogP contribution in [0, 0.1) is 0 Å². The molecule has 3 aromatic rings. The number of ketones is 1. The van der Waals surface area contributed by atoms with Crippen LogP contribution >= 0.6 is 22.9 Å². The van der Waals surface area contributed by atoms with E-state index in [9.17, 15) is 9.59 Å². The molecule has 140 valence electrons. The fourth-order valence-corrected chi connectivity index (χ4v) is 4.05. The largest absolute Gasteiger partial charge is 0.493 e. The van der Waals surface area contributed by atoms with E-state index >= 15 is 0 Å². The van der Waals surface area contributed by atoms with Gasteiger partial charge in [-0.05, 0) is 29.9 Å². The Labute approximate surface area is 168 Å². The molecule has 2 aromatic heterocycles. The second-order valence-electron chi connectivity index (χ2n) is 5.99. The van der Waals surface area contributed by atoms with Crippen LogP contribution in [-0.2, 0) is 9.53 Å². The number of halogens is 1. The van der Waals surface area contributed by atoms with Crippen LogP contribution < -0.4 is 11.3 Å². The molecule has 0 atom stereocenters. The van der Waals surface area contributed by atoms with Gasteiger partial charge in [-0.1, -0.05) is 35.9 Å².